The molecule has 1 aliphatic heterocycles. The normalized spacial score (nSPS) is 16.1. The number of H-pyrrole nitrogens is 1. The molecular formula is C16H18N6O. The molecule has 0 saturated carbocycles. The fraction of sp³-hybridized carbons (Fsp3) is 0.250. The highest BCUT2D eigenvalue weighted by atomic mass is 16.2. The van der Waals surface area contributed by atoms with Crippen molar-refractivity contribution in [2.75, 3.05) is 14.1 Å². The molecule has 0 aliphatic carbocycles. The first-order chi connectivity index (χ1) is 11.0. The smallest absolute Gasteiger partial charge is 0.273 e. The van der Waals surface area contributed by atoms with Crippen molar-refractivity contribution in [2.45, 2.75) is 13.5 Å². The van der Waals surface area contributed by atoms with Gasteiger partial charge in [-0.25, -0.2) is 15.4 Å². The zero-order valence-corrected chi connectivity index (χ0v) is 13.3. The summed E-state index contributed by atoms with van der Waals surface area (Å²) in [6.07, 6.45) is 5.03. The Morgan fingerprint density at radius 1 is 1.26 bits per heavy atom. The van der Waals surface area contributed by atoms with Crippen molar-refractivity contribution in [1.82, 2.24) is 25.3 Å². The Balaban J connectivity index is 1.94. The van der Waals surface area contributed by atoms with Crippen LogP contribution in [0.4, 0.5) is 0 Å². The lowest BCUT2D eigenvalue weighted by atomic mass is 10.1. The topological polar surface area (TPSA) is 86.3 Å². The molecule has 7 heteroatoms. The van der Waals surface area contributed by atoms with Crippen molar-refractivity contribution in [3.05, 3.63) is 52.9 Å². The number of hydrogen-bond acceptors (Lipinski definition) is 5. The predicted octanol–water partition coefficient (Wildman–Crippen LogP) is 1.09. The summed E-state index contributed by atoms with van der Waals surface area (Å²) < 4.78 is 0. The summed E-state index contributed by atoms with van der Waals surface area (Å²) in [6.45, 7) is 2.85. The lowest BCUT2D eigenvalue weighted by Gasteiger charge is -2.07. The van der Waals surface area contributed by atoms with E-state index in [0.717, 1.165) is 17.9 Å². The maximum atomic E-state index is 12.1. The summed E-state index contributed by atoms with van der Waals surface area (Å²) in [5.41, 5.74) is 6.51. The maximum Gasteiger partial charge on any atom is 0.273 e. The second kappa shape index (κ2) is 6.13. The minimum Gasteiger partial charge on any atom is -0.359 e. The number of aryl methyl sites for hydroxylation is 1. The molecule has 23 heavy (non-hydrogen) atoms. The quantitative estimate of drug-likeness (QED) is 0.828. The standard InChI is InChI=1S/C16H18N6O/c1-10-11(9-22(2)3)7-12(19-10)8-13-14(20-21-16(13)23)15-17-5-4-6-18-15/h4-8,19H,9H2,1-3H3,(H,21,23)/b13-8+. The van der Waals surface area contributed by atoms with Gasteiger partial charge < -0.3 is 9.88 Å². The van der Waals surface area contributed by atoms with Crippen molar-refractivity contribution >= 4 is 17.7 Å². The molecule has 0 unspecified atom stereocenters. The van der Waals surface area contributed by atoms with E-state index in [1.807, 2.05) is 27.1 Å². The molecule has 0 fully saturated rings. The fourth-order valence-electron chi connectivity index (χ4n) is 2.43. The molecule has 0 aromatic carbocycles. The Bertz CT molecular complexity index is 788. The molecule has 0 bridgehead atoms. The molecule has 0 spiro atoms. The summed E-state index contributed by atoms with van der Waals surface area (Å²) >= 11 is 0. The summed E-state index contributed by atoms with van der Waals surface area (Å²) in [6, 6.07) is 3.76. The van der Waals surface area contributed by atoms with Crippen LogP contribution in [0, 0.1) is 6.92 Å². The third-order valence-electron chi connectivity index (χ3n) is 3.48. The number of aromatic nitrogens is 3. The maximum absolute atomic E-state index is 12.1. The van der Waals surface area contributed by atoms with E-state index in [4.69, 9.17) is 0 Å². The Morgan fingerprint density at radius 2 is 2.00 bits per heavy atom. The number of carbonyl (C=O) groups is 1. The molecule has 2 N–H and O–H groups in total. The van der Waals surface area contributed by atoms with Crippen LogP contribution in [0.15, 0.2) is 35.2 Å². The molecule has 2 aromatic heterocycles. The molecule has 1 aliphatic rings. The molecule has 3 heterocycles. The van der Waals surface area contributed by atoms with Gasteiger partial charge in [-0.15, -0.1) is 0 Å². The Labute approximate surface area is 134 Å². The SMILES string of the molecule is Cc1[nH]c(/C=C2/C(=O)NN=C2c2ncccn2)cc1CN(C)C. The van der Waals surface area contributed by atoms with E-state index in [2.05, 4.69) is 30.4 Å². The molecule has 1 amide bonds. The Kier molecular flexibility index (Phi) is 4.03. The van der Waals surface area contributed by atoms with Gasteiger partial charge in [0.05, 0.1) is 5.57 Å². The van der Waals surface area contributed by atoms with Crippen LogP contribution in [0.3, 0.4) is 0 Å². The summed E-state index contributed by atoms with van der Waals surface area (Å²) in [7, 11) is 4.04. The van der Waals surface area contributed by atoms with Crippen LogP contribution in [0.1, 0.15) is 22.8 Å². The lowest BCUT2D eigenvalue weighted by molar-refractivity contribution is -0.116. The molecule has 118 valence electrons. The highest BCUT2D eigenvalue weighted by Crippen LogP contribution is 2.18. The van der Waals surface area contributed by atoms with Crippen molar-refractivity contribution in [3.63, 3.8) is 0 Å². The Hall–Kier alpha value is -2.80. The van der Waals surface area contributed by atoms with Crippen LogP contribution < -0.4 is 5.43 Å². The second-order valence-electron chi connectivity index (χ2n) is 5.64. The van der Waals surface area contributed by atoms with E-state index in [1.165, 1.54) is 5.56 Å². The third-order valence-corrected chi connectivity index (χ3v) is 3.48. The summed E-state index contributed by atoms with van der Waals surface area (Å²) in [4.78, 5) is 25.8. The van der Waals surface area contributed by atoms with Crippen molar-refractivity contribution in [1.29, 1.82) is 0 Å². The van der Waals surface area contributed by atoms with Gasteiger partial charge in [-0.1, -0.05) is 0 Å². The van der Waals surface area contributed by atoms with Gasteiger partial charge in [0.2, 0.25) is 0 Å². The fourth-order valence-corrected chi connectivity index (χ4v) is 2.43. The summed E-state index contributed by atoms with van der Waals surface area (Å²) in [5.74, 6) is 0.169. The van der Waals surface area contributed by atoms with Gasteiger partial charge in [0.1, 0.15) is 5.71 Å². The van der Waals surface area contributed by atoms with E-state index >= 15 is 0 Å². The van der Waals surface area contributed by atoms with E-state index < -0.39 is 0 Å². The third kappa shape index (κ3) is 3.19. The van der Waals surface area contributed by atoms with E-state index in [1.54, 1.807) is 24.5 Å². The number of aromatic amines is 1. The minimum absolute atomic E-state index is 0.256. The number of nitrogens with zero attached hydrogens (tertiary/aromatic N) is 4. The van der Waals surface area contributed by atoms with Crippen LogP contribution in [0.25, 0.3) is 6.08 Å². The van der Waals surface area contributed by atoms with Crippen LogP contribution in [0.2, 0.25) is 0 Å². The Morgan fingerprint density at radius 3 is 2.70 bits per heavy atom. The largest absolute Gasteiger partial charge is 0.359 e. The molecule has 0 radical (unpaired) electrons. The van der Waals surface area contributed by atoms with Crippen molar-refractivity contribution in [3.8, 4) is 0 Å². The number of hydrogen-bond donors (Lipinski definition) is 2. The number of nitrogens with one attached hydrogen (secondary N) is 2. The van der Waals surface area contributed by atoms with Gasteiger partial charge in [-0.3, -0.25) is 4.79 Å². The first-order valence-corrected chi connectivity index (χ1v) is 7.25. The van der Waals surface area contributed by atoms with E-state index in [0.29, 0.717) is 17.1 Å². The van der Waals surface area contributed by atoms with E-state index in [-0.39, 0.29) is 5.91 Å². The lowest BCUT2D eigenvalue weighted by Crippen LogP contribution is -2.14. The number of carbonyl (C=O) groups excluding carboxylic acids is 1. The van der Waals surface area contributed by atoms with E-state index in [9.17, 15) is 4.79 Å². The van der Waals surface area contributed by atoms with Crippen LogP contribution in [0.5, 0.6) is 0 Å². The molecule has 2 aromatic rings. The molecule has 0 saturated heterocycles. The van der Waals surface area contributed by atoms with Gasteiger partial charge in [0, 0.05) is 30.3 Å². The molecule has 7 nitrogen and oxygen atoms in total. The zero-order valence-electron chi connectivity index (χ0n) is 13.3. The molecule has 0 atom stereocenters. The monoisotopic (exact) mass is 310 g/mol. The van der Waals surface area contributed by atoms with Gasteiger partial charge in [-0.05, 0) is 44.8 Å². The van der Waals surface area contributed by atoms with Gasteiger partial charge >= 0.3 is 0 Å². The summed E-state index contributed by atoms with van der Waals surface area (Å²) in [5, 5.41) is 4.04. The minimum atomic E-state index is -0.256. The van der Waals surface area contributed by atoms with Gasteiger partial charge in [-0.2, -0.15) is 5.10 Å². The van der Waals surface area contributed by atoms with Crippen molar-refractivity contribution < 1.29 is 4.79 Å². The van der Waals surface area contributed by atoms with Gasteiger partial charge in [0.25, 0.3) is 5.91 Å². The second-order valence-corrected chi connectivity index (χ2v) is 5.64. The van der Waals surface area contributed by atoms with Gasteiger partial charge in [0.15, 0.2) is 5.82 Å². The highest BCUT2D eigenvalue weighted by Gasteiger charge is 2.26. The number of hydrazone groups is 1. The number of rotatable bonds is 4. The average Bonchev–Trinajstić information content (AvgIpc) is 3.04. The van der Waals surface area contributed by atoms with Crippen LogP contribution >= 0.6 is 0 Å². The van der Waals surface area contributed by atoms with Crippen LogP contribution in [-0.4, -0.2) is 45.6 Å². The van der Waals surface area contributed by atoms with Crippen molar-refractivity contribution in [2.24, 2.45) is 5.10 Å². The molecular weight excluding hydrogens is 292 g/mol. The predicted molar refractivity (Wildman–Crippen MR) is 87.6 cm³/mol. The average molecular weight is 310 g/mol. The number of amides is 1. The molecule has 3 rings (SSSR count). The van der Waals surface area contributed by atoms with Crippen LogP contribution in [-0.2, 0) is 11.3 Å². The first kappa shape index (κ1) is 15.1. The highest BCUT2D eigenvalue weighted by molar-refractivity contribution is 6.32. The first-order valence-electron chi connectivity index (χ1n) is 7.25. The zero-order chi connectivity index (χ0) is 16.4.